The second-order valence-corrected chi connectivity index (χ2v) is 5.79. The van der Waals surface area contributed by atoms with E-state index in [9.17, 15) is 9.18 Å². The van der Waals surface area contributed by atoms with Crippen LogP contribution >= 0.6 is 0 Å². The molecule has 7 heteroatoms. The van der Waals surface area contributed by atoms with E-state index in [0.717, 1.165) is 6.20 Å². The maximum atomic E-state index is 13.4. The van der Waals surface area contributed by atoms with Crippen LogP contribution in [0.5, 0.6) is 0 Å². The fraction of sp³-hybridized carbons (Fsp3) is 0.333. The second-order valence-electron chi connectivity index (χ2n) is 5.79. The maximum absolute atomic E-state index is 13.4. The average molecular weight is 304 g/mol. The van der Waals surface area contributed by atoms with E-state index < -0.39 is 17.4 Å². The highest BCUT2D eigenvalue weighted by Crippen LogP contribution is 2.24. The molecule has 0 fully saturated rings. The molecule has 0 amide bonds. The topological polar surface area (TPSA) is 91.0 Å². The lowest BCUT2D eigenvalue weighted by atomic mass is 10.1. The van der Waals surface area contributed by atoms with Gasteiger partial charge >= 0.3 is 5.97 Å². The third-order valence-electron chi connectivity index (χ3n) is 2.68. The Kier molecular flexibility index (Phi) is 4.07. The fourth-order valence-electron chi connectivity index (χ4n) is 1.74. The van der Waals surface area contributed by atoms with Crippen molar-refractivity contribution in [2.24, 2.45) is 0 Å². The standard InChI is InChI=1S/C15H17FN4O2/c1-8-13(17)20-12(14(21)22-15(2,3)4)11(19-8)9-5-10(16)7-18-6-9/h5-7H,1-4H3,(H2,17,20). The molecule has 0 aliphatic rings. The number of hydrogen-bond donors (Lipinski definition) is 1. The van der Waals surface area contributed by atoms with Crippen LogP contribution < -0.4 is 5.73 Å². The molecule has 2 aromatic heterocycles. The summed E-state index contributed by atoms with van der Waals surface area (Å²) < 4.78 is 18.7. The number of ether oxygens (including phenoxy) is 1. The molecule has 0 aliphatic heterocycles. The number of nitrogens with zero attached hydrogens (tertiary/aromatic N) is 3. The highest BCUT2D eigenvalue weighted by Gasteiger charge is 2.24. The number of nitrogens with two attached hydrogens (primary N) is 1. The summed E-state index contributed by atoms with van der Waals surface area (Å²) in [5, 5.41) is 0. The monoisotopic (exact) mass is 304 g/mol. The molecule has 2 heterocycles. The van der Waals surface area contributed by atoms with E-state index in [2.05, 4.69) is 15.0 Å². The van der Waals surface area contributed by atoms with Gasteiger partial charge in [0, 0.05) is 11.8 Å². The van der Waals surface area contributed by atoms with Crippen LogP contribution in [0.15, 0.2) is 18.5 Å². The van der Waals surface area contributed by atoms with Crippen LogP contribution in [-0.2, 0) is 4.74 Å². The smallest absolute Gasteiger partial charge is 0.359 e. The predicted molar refractivity (Wildman–Crippen MR) is 79.5 cm³/mol. The van der Waals surface area contributed by atoms with Gasteiger partial charge in [0.05, 0.1) is 11.9 Å². The largest absolute Gasteiger partial charge is 0.455 e. The first kappa shape index (κ1) is 15.8. The lowest BCUT2D eigenvalue weighted by Gasteiger charge is -2.20. The number of aromatic nitrogens is 3. The van der Waals surface area contributed by atoms with E-state index in [1.165, 1.54) is 12.3 Å². The first-order chi connectivity index (χ1) is 10.2. The van der Waals surface area contributed by atoms with Crippen LogP contribution in [0.3, 0.4) is 0 Å². The molecule has 22 heavy (non-hydrogen) atoms. The first-order valence-corrected chi connectivity index (χ1v) is 6.66. The third-order valence-corrected chi connectivity index (χ3v) is 2.68. The minimum Gasteiger partial charge on any atom is -0.455 e. The number of aryl methyl sites for hydroxylation is 1. The van der Waals surface area contributed by atoms with Crippen molar-refractivity contribution < 1.29 is 13.9 Å². The summed E-state index contributed by atoms with van der Waals surface area (Å²) in [4.78, 5) is 24.4. The molecule has 2 aromatic rings. The Balaban J connectivity index is 2.58. The van der Waals surface area contributed by atoms with Crippen molar-refractivity contribution >= 4 is 11.8 Å². The fourth-order valence-corrected chi connectivity index (χ4v) is 1.74. The van der Waals surface area contributed by atoms with Crippen molar-refractivity contribution in [3.05, 3.63) is 35.7 Å². The minimum absolute atomic E-state index is 0.0644. The Hall–Kier alpha value is -2.57. The summed E-state index contributed by atoms with van der Waals surface area (Å²) >= 11 is 0. The van der Waals surface area contributed by atoms with Crippen LogP contribution in [0, 0.1) is 12.7 Å². The number of esters is 1. The lowest BCUT2D eigenvalue weighted by molar-refractivity contribution is 0.00635. The molecule has 0 spiro atoms. The van der Waals surface area contributed by atoms with Crippen molar-refractivity contribution in [2.45, 2.75) is 33.3 Å². The predicted octanol–water partition coefficient (Wildman–Crippen LogP) is 2.52. The van der Waals surface area contributed by atoms with Crippen LogP contribution in [0.25, 0.3) is 11.3 Å². The summed E-state index contributed by atoms with van der Waals surface area (Å²) in [5.41, 5.74) is 5.92. The maximum Gasteiger partial charge on any atom is 0.359 e. The van der Waals surface area contributed by atoms with E-state index in [0.29, 0.717) is 11.3 Å². The van der Waals surface area contributed by atoms with Crippen LogP contribution in [-0.4, -0.2) is 26.5 Å². The molecule has 0 saturated heterocycles. The molecule has 6 nitrogen and oxygen atoms in total. The van der Waals surface area contributed by atoms with Gasteiger partial charge in [0.15, 0.2) is 5.69 Å². The summed E-state index contributed by atoms with van der Waals surface area (Å²) in [7, 11) is 0. The highest BCUT2D eigenvalue weighted by atomic mass is 19.1. The Morgan fingerprint density at radius 1 is 1.27 bits per heavy atom. The summed E-state index contributed by atoms with van der Waals surface area (Å²) in [6.07, 6.45) is 2.46. The number of carbonyl (C=O) groups is 1. The van der Waals surface area contributed by atoms with Crippen molar-refractivity contribution in [1.82, 2.24) is 15.0 Å². The zero-order chi connectivity index (χ0) is 16.5. The highest BCUT2D eigenvalue weighted by molar-refractivity contribution is 5.94. The summed E-state index contributed by atoms with van der Waals surface area (Å²) in [5.74, 6) is -1.09. The Morgan fingerprint density at radius 3 is 2.55 bits per heavy atom. The molecule has 0 aliphatic carbocycles. The molecular formula is C15H17FN4O2. The number of anilines is 1. The quantitative estimate of drug-likeness (QED) is 0.857. The van der Waals surface area contributed by atoms with Crippen LogP contribution in [0.1, 0.15) is 37.0 Å². The zero-order valence-electron chi connectivity index (χ0n) is 12.8. The van der Waals surface area contributed by atoms with Gasteiger partial charge in [0.2, 0.25) is 0 Å². The molecule has 0 radical (unpaired) electrons. The lowest BCUT2D eigenvalue weighted by Crippen LogP contribution is -2.25. The summed E-state index contributed by atoms with van der Waals surface area (Å²) in [6, 6.07) is 1.22. The molecule has 0 unspecified atom stereocenters. The van der Waals surface area contributed by atoms with E-state index in [1.54, 1.807) is 27.7 Å². The average Bonchev–Trinajstić information content (AvgIpc) is 2.39. The van der Waals surface area contributed by atoms with Crippen LogP contribution in [0.2, 0.25) is 0 Å². The van der Waals surface area contributed by atoms with Gasteiger partial charge < -0.3 is 10.5 Å². The first-order valence-electron chi connectivity index (χ1n) is 6.66. The van der Waals surface area contributed by atoms with E-state index in [-0.39, 0.29) is 17.2 Å². The van der Waals surface area contributed by atoms with Crippen molar-refractivity contribution in [3.8, 4) is 11.3 Å². The van der Waals surface area contributed by atoms with Crippen LogP contribution in [0.4, 0.5) is 10.2 Å². The van der Waals surface area contributed by atoms with E-state index >= 15 is 0 Å². The van der Waals surface area contributed by atoms with Gasteiger partial charge in [-0.3, -0.25) is 4.98 Å². The number of carbonyl (C=O) groups excluding carboxylic acids is 1. The van der Waals surface area contributed by atoms with Gasteiger partial charge in [-0.25, -0.2) is 19.2 Å². The van der Waals surface area contributed by atoms with Crippen molar-refractivity contribution in [3.63, 3.8) is 0 Å². The zero-order valence-corrected chi connectivity index (χ0v) is 12.8. The summed E-state index contributed by atoms with van der Waals surface area (Å²) in [6.45, 7) is 6.86. The number of hydrogen-bond acceptors (Lipinski definition) is 6. The van der Waals surface area contributed by atoms with Crippen molar-refractivity contribution in [2.75, 3.05) is 5.73 Å². The molecule has 0 atom stereocenters. The third kappa shape index (κ3) is 3.55. The molecule has 2 rings (SSSR count). The number of nitrogen functional groups attached to an aromatic ring is 1. The Morgan fingerprint density at radius 2 is 1.95 bits per heavy atom. The van der Waals surface area contributed by atoms with Gasteiger partial charge in [0.25, 0.3) is 0 Å². The van der Waals surface area contributed by atoms with Crippen molar-refractivity contribution in [1.29, 1.82) is 0 Å². The molecule has 0 saturated carbocycles. The van der Waals surface area contributed by atoms with E-state index in [4.69, 9.17) is 10.5 Å². The Bertz CT molecular complexity index is 726. The Labute approximate surface area is 127 Å². The van der Waals surface area contributed by atoms with Gasteiger partial charge in [0.1, 0.15) is 22.9 Å². The SMILES string of the molecule is Cc1nc(-c2cncc(F)c2)c(C(=O)OC(C)(C)C)nc1N. The number of halogens is 1. The van der Waals surface area contributed by atoms with Gasteiger partial charge in [-0.15, -0.1) is 0 Å². The van der Waals surface area contributed by atoms with Gasteiger partial charge in [-0.1, -0.05) is 0 Å². The molecule has 0 bridgehead atoms. The van der Waals surface area contributed by atoms with E-state index in [1.807, 2.05) is 0 Å². The van der Waals surface area contributed by atoms with Gasteiger partial charge in [-0.05, 0) is 33.8 Å². The normalized spacial score (nSPS) is 11.3. The molecule has 0 aromatic carbocycles. The second kappa shape index (κ2) is 5.67. The molecular weight excluding hydrogens is 287 g/mol. The number of pyridine rings is 1. The van der Waals surface area contributed by atoms with Gasteiger partial charge in [-0.2, -0.15) is 0 Å². The minimum atomic E-state index is -0.699. The number of rotatable bonds is 2. The molecule has 116 valence electrons. The molecule has 2 N–H and O–H groups in total.